The zero-order valence-corrected chi connectivity index (χ0v) is 14.6. The Balaban J connectivity index is 1.73. The number of carbonyl (C=O) groups excluding carboxylic acids is 1. The number of anilines is 1. The van der Waals surface area contributed by atoms with Gasteiger partial charge in [0.2, 0.25) is 10.0 Å². The Hall–Kier alpha value is -1.88. The van der Waals surface area contributed by atoms with Gasteiger partial charge in [0.25, 0.3) is 5.91 Å². The Kier molecular flexibility index (Phi) is 4.90. The van der Waals surface area contributed by atoms with Crippen molar-refractivity contribution in [3.05, 3.63) is 34.8 Å². The van der Waals surface area contributed by atoms with Crippen LogP contribution in [0.3, 0.4) is 0 Å². The summed E-state index contributed by atoms with van der Waals surface area (Å²) < 4.78 is 35.3. The van der Waals surface area contributed by atoms with Crippen LogP contribution in [0.5, 0.6) is 0 Å². The molecule has 0 atom stereocenters. The normalized spacial score (nSPS) is 16.0. The Morgan fingerprint density at radius 3 is 2.50 bits per heavy atom. The minimum atomic E-state index is -3.53. The maximum Gasteiger partial charge on any atom is 0.269 e. The Bertz CT molecular complexity index is 827. The summed E-state index contributed by atoms with van der Waals surface area (Å²) in [5, 5.41) is 6.50. The molecule has 2 aromatic rings. The van der Waals surface area contributed by atoms with Crippen LogP contribution in [0.4, 0.5) is 5.69 Å². The standard InChI is InChI=1S/C14H16N4O4S2/c1-10-13(23-17-16-10)14(19)15-11-2-4-12(5-3-11)24(20,21)18-6-8-22-9-7-18/h2-5H,6-9H2,1H3,(H,15,19). The van der Waals surface area contributed by atoms with Gasteiger partial charge in [-0.3, -0.25) is 4.79 Å². The molecule has 1 aromatic heterocycles. The van der Waals surface area contributed by atoms with E-state index in [4.69, 9.17) is 4.74 Å². The van der Waals surface area contributed by atoms with E-state index in [0.29, 0.717) is 42.6 Å². The van der Waals surface area contributed by atoms with Crippen molar-refractivity contribution in [3.8, 4) is 0 Å². The first kappa shape index (κ1) is 17.0. The van der Waals surface area contributed by atoms with Crippen LogP contribution in [0.25, 0.3) is 0 Å². The van der Waals surface area contributed by atoms with Gasteiger partial charge >= 0.3 is 0 Å². The topological polar surface area (TPSA) is 101 Å². The van der Waals surface area contributed by atoms with Gasteiger partial charge in [-0.15, -0.1) is 5.10 Å². The van der Waals surface area contributed by atoms with Gasteiger partial charge in [0.1, 0.15) is 4.88 Å². The van der Waals surface area contributed by atoms with E-state index in [-0.39, 0.29) is 10.8 Å². The molecule has 1 fully saturated rings. The number of morpholine rings is 1. The molecular weight excluding hydrogens is 352 g/mol. The molecule has 0 radical (unpaired) electrons. The molecule has 1 saturated heterocycles. The molecule has 8 nitrogen and oxygen atoms in total. The third-order valence-electron chi connectivity index (χ3n) is 3.58. The first-order chi connectivity index (χ1) is 11.5. The molecule has 10 heteroatoms. The van der Waals surface area contributed by atoms with Gasteiger partial charge in [-0.1, -0.05) is 4.49 Å². The summed E-state index contributed by atoms with van der Waals surface area (Å²) in [4.78, 5) is 12.7. The lowest BCUT2D eigenvalue weighted by atomic mass is 10.3. The highest BCUT2D eigenvalue weighted by Crippen LogP contribution is 2.20. The molecular formula is C14H16N4O4S2. The summed E-state index contributed by atoms with van der Waals surface area (Å²) in [7, 11) is -3.53. The number of aromatic nitrogens is 2. The van der Waals surface area contributed by atoms with E-state index in [1.54, 1.807) is 19.1 Å². The van der Waals surface area contributed by atoms with Crippen LogP contribution < -0.4 is 5.32 Å². The van der Waals surface area contributed by atoms with Crippen LogP contribution in [0, 0.1) is 6.92 Å². The second-order valence-electron chi connectivity index (χ2n) is 5.18. The predicted octanol–water partition coefficient (Wildman–Crippen LogP) is 1.12. The molecule has 0 saturated carbocycles. The van der Waals surface area contributed by atoms with Gasteiger partial charge in [0.05, 0.1) is 23.8 Å². The maximum atomic E-state index is 12.5. The van der Waals surface area contributed by atoms with Crippen molar-refractivity contribution in [3.63, 3.8) is 0 Å². The first-order valence-corrected chi connectivity index (χ1v) is 9.48. The van der Waals surface area contributed by atoms with Gasteiger partial charge in [-0.2, -0.15) is 4.31 Å². The molecule has 1 aliphatic rings. The number of benzene rings is 1. The molecule has 1 aromatic carbocycles. The monoisotopic (exact) mass is 368 g/mol. The van der Waals surface area contributed by atoms with Crippen LogP contribution in [-0.4, -0.2) is 54.5 Å². The van der Waals surface area contributed by atoms with E-state index < -0.39 is 10.0 Å². The molecule has 128 valence electrons. The number of nitrogens with zero attached hydrogens (tertiary/aromatic N) is 3. The van der Waals surface area contributed by atoms with Crippen molar-refractivity contribution in [2.45, 2.75) is 11.8 Å². The van der Waals surface area contributed by atoms with Crippen molar-refractivity contribution < 1.29 is 17.9 Å². The highest BCUT2D eigenvalue weighted by molar-refractivity contribution is 7.89. The highest BCUT2D eigenvalue weighted by atomic mass is 32.2. The average molecular weight is 368 g/mol. The van der Waals surface area contributed by atoms with Gasteiger partial charge in [-0.05, 0) is 42.7 Å². The number of sulfonamides is 1. The van der Waals surface area contributed by atoms with E-state index in [0.717, 1.165) is 11.5 Å². The summed E-state index contributed by atoms with van der Waals surface area (Å²) >= 11 is 1.02. The van der Waals surface area contributed by atoms with Crippen molar-refractivity contribution in [2.24, 2.45) is 0 Å². The number of amides is 1. The Morgan fingerprint density at radius 1 is 1.25 bits per heavy atom. The molecule has 0 unspecified atom stereocenters. The van der Waals surface area contributed by atoms with Crippen molar-refractivity contribution in [1.29, 1.82) is 0 Å². The number of nitrogens with one attached hydrogen (secondary N) is 1. The summed E-state index contributed by atoms with van der Waals surface area (Å²) in [5.74, 6) is -0.314. The van der Waals surface area contributed by atoms with Gasteiger partial charge < -0.3 is 10.1 Å². The lowest BCUT2D eigenvalue weighted by Crippen LogP contribution is -2.40. The van der Waals surface area contributed by atoms with Crippen molar-refractivity contribution in [2.75, 3.05) is 31.6 Å². The van der Waals surface area contributed by atoms with Crippen molar-refractivity contribution >= 4 is 33.2 Å². The average Bonchev–Trinajstić information content (AvgIpc) is 3.02. The van der Waals surface area contributed by atoms with Gasteiger partial charge in [-0.25, -0.2) is 8.42 Å². The number of carbonyl (C=O) groups is 1. The smallest absolute Gasteiger partial charge is 0.269 e. The third kappa shape index (κ3) is 3.46. The van der Waals surface area contributed by atoms with E-state index in [1.165, 1.54) is 16.4 Å². The second kappa shape index (κ2) is 6.93. The fraction of sp³-hybridized carbons (Fsp3) is 0.357. The Morgan fingerprint density at radius 2 is 1.92 bits per heavy atom. The zero-order valence-electron chi connectivity index (χ0n) is 12.9. The molecule has 2 heterocycles. The number of rotatable bonds is 4. The summed E-state index contributed by atoms with van der Waals surface area (Å²) in [5.41, 5.74) is 1.07. The van der Waals surface area contributed by atoms with Gasteiger partial charge in [0.15, 0.2) is 0 Å². The van der Waals surface area contributed by atoms with Crippen LogP contribution in [0.1, 0.15) is 15.4 Å². The van der Waals surface area contributed by atoms with E-state index >= 15 is 0 Å². The summed E-state index contributed by atoms with van der Waals surface area (Å²) in [6.45, 7) is 3.19. The fourth-order valence-electron chi connectivity index (χ4n) is 2.27. The van der Waals surface area contributed by atoms with Crippen LogP contribution in [-0.2, 0) is 14.8 Å². The highest BCUT2D eigenvalue weighted by Gasteiger charge is 2.26. The Labute approximate surface area is 143 Å². The quantitative estimate of drug-likeness (QED) is 0.868. The summed E-state index contributed by atoms with van der Waals surface area (Å²) in [6.07, 6.45) is 0. The molecule has 3 rings (SSSR count). The second-order valence-corrected chi connectivity index (χ2v) is 7.87. The molecule has 1 amide bonds. The minimum absolute atomic E-state index is 0.193. The van der Waals surface area contributed by atoms with E-state index in [1.807, 2.05) is 0 Å². The molecule has 1 aliphatic heterocycles. The number of hydrogen-bond acceptors (Lipinski definition) is 7. The third-order valence-corrected chi connectivity index (χ3v) is 6.32. The summed E-state index contributed by atoms with van der Waals surface area (Å²) in [6, 6.07) is 6.10. The lowest BCUT2D eigenvalue weighted by Gasteiger charge is -2.26. The van der Waals surface area contributed by atoms with Crippen LogP contribution in [0.15, 0.2) is 29.2 Å². The SMILES string of the molecule is Cc1nnsc1C(=O)Nc1ccc(S(=O)(=O)N2CCOCC2)cc1. The zero-order chi connectivity index (χ0) is 17.2. The van der Waals surface area contributed by atoms with Gasteiger partial charge in [0, 0.05) is 18.8 Å². The van der Waals surface area contributed by atoms with Crippen LogP contribution in [0.2, 0.25) is 0 Å². The maximum absolute atomic E-state index is 12.5. The number of aryl methyl sites for hydroxylation is 1. The largest absolute Gasteiger partial charge is 0.379 e. The van der Waals surface area contributed by atoms with E-state index in [2.05, 4.69) is 14.9 Å². The number of hydrogen-bond donors (Lipinski definition) is 1. The molecule has 0 bridgehead atoms. The lowest BCUT2D eigenvalue weighted by molar-refractivity contribution is 0.0730. The minimum Gasteiger partial charge on any atom is -0.379 e. The molecule has 0 aliphatic carbocycles. The predicted molar refractivity (Wildman–Crippen MR) is 88.6 cm³/mol. The first-order valence-electron chi connectivity index (χ1n) is 7.27. The molecule has 24 heavy (non-hydrogen) atoms. The van der Waals surface area contributed by atoms with Crippen LogP contribution >= 0.6 is 11.5 Å². The number of ether oxygens (including phenoxy) is 1. The fourth-order valence-corrected chi connectivity index (χ4v) is 4.23. The molecule has 1 N–H and O–H groups in total. The molecule has 0 spiro atoms. The van der Waals surface area contributed by atoms with E-state index in [9.17, 15) is 13.2 Å². The van der Waals surface area contributed by atoms with Crippen molar-refractivity contribution in [1.82, 2.24) is 13.9 Å².